The molecule has 0 spiro atoms. The van der Waals surface area contributed by atoms with Crippen LogP contribution in [-0.2, 0) is 23.7 Å². The molecule has 19 heteroatoms. The summed E-state index contributed by atoms with van der Waals surface area (Å²) in [6.07, 6.45) is 5.21. The minimum Gasteiger partial charge on any atom is -0.462 e. The fourth-order valence-electron chi connectivity index (χ4n) is 8.20. The number of hydrogen-bond donors (Lipinski definition) is 13. The van der Waals surface area contributed by atoms with Gasteiger partial charge in [-0.05, 0) is 40.0 Å². The van der Waals surface area contributed by atoms with E-state index in [9.17, 15) is 60.7 Å². The Labute approximate surface area is 400 Å². The summed E-state index contributed by atoms with van der Waals surface area (Å²) in [6, 6.07) is -2.89. The number of nitrogens with one attached hydrogen (secondary N) is 2. The number of aliphatic hydroxyl groups is 10. The van der Waals surface area contributed by atoms with Gasteiger partial charge in [-0.3, -0.25) is 4.79 Å². The number of hydrogen-bond acceptors (Lipinski definition) is 17. The standard InChI is InChI=1S/C49H79N3O16/c1-6-51-48(63)52-43-39(58)28-49(64)27-35(55)24-38(57)37(56)22-21-33(53)23-34(54)25-41(59)65-31(4)30(3)44(60)29(2)19-17-15-13-11-9-7-8-10-12-14-16-18-20-36(26-40(43)68-49)67-47-46(62)42(50)45(61)32(5)66-47/h7-20,29-40,42-47,53-58,60-62,64H,6,21-28,50H2,1-5H3,(H2,51,52,63)/b8-7+,11-9+,12-10+,15-13+,16-14+,19-17+,20-18+/t29-,30-,31-,32+,33+,34+,35-,36?,37+,38+,39-,40-,42-,43?,44+,45+,46-,47?,49+/m0/s1. The molecule has 14 N–H and O–H groups in total. The van der Waals surface area contributed by atoms with Crippen molar-refractivity contribution in [1.82, 2.24) is 10.6 Å². The van der Waals surface area contributed by atoms with Gasteiger partial charge in [-0.2, -0.15) is 0 Å². The molecule has 0 aromatic rings. The third kappa shape index (κ3) is 20.0. The van der Waals surface area contributed by atoms with E-state index in [2.05, 4.69) is 10.6 Å². The van der Waals surface area contributed by atoms with Gasteiger partial charge in [-0.15, -0.1) is 0 Å². The second-order valence-corrected chi connectivity index (χ2v) is 18.2. The number of cyclic esters (lactones) is 1. The summed E-state index contributed by atoms with van der Waals surface area (Å²) in [5.41, 5.74) is 6.08. The fourth-order valence-corrected chi connectivity index (χ4v) is 8.20. The van der Waals surface area contributed by atoms with Crippen LogP contribution >= 0.6 is 0 Å². The molecule has 3 aliphatic rings. The molecule has 0 aromatic carbocycles. The van der Waals surface area contributed by atoms with Crippen molar-refractivity contribution in [2.75, 3.05) is 6.54 Å². The first-order valence-corrected chi connectivity index (χ1v) is 23.7. The molecular formula is C49H79N3O16. The SMILES string of the molecule is CCNC(=O)NC1[C@@H]2CC(OC3O[C@H](C)[C@@H](O)[C@H](N)[C@@H]3O)/C=C/C=C/C=C/C=C/C=C/C=C/C=C/[C@H](C)[C@@H](O)[C@@H](C)[C@H](C)OC(=O)C[C@H](O)C[C@H](O)CC[C@@H](O)[C@H](O)C[C@H](O)C[C@](O)(C[C@@H]1O)O2. The van der Waals surface area contributed by atoms with E-state index in [4.69, 9.17) is 24.7 Å². The van der Waals surface area contributed by atoms with Crippen molar-refractivity contribution in [2.45, 2.75) is 189 Å². The van der Waals surface area contributed by atoms with Crippen LogP contribution in [0.25, 0.3) is 0 Å². The van der Waals surface area contributed by atoms with Crippen molar-refractivity contribution < 1.29 is 79.6 Å². The topological polar surface area (TPSA) is 323 Å². The molecule has 19 nitrogen and oxygen atoms in total. The highest BCUT2D eigenvalue weighted by atomic mass is 16.7. The smallest absolute Gasteiger partial charge is 0.315 e. The number of carbonyl (C=O) groups is 2. The minimum atomic E-state index is -2.23. The van der Waals surface area contributed by atoms with Crippen molar-refractivity contribution in [2.24, 2.45) is 17.6 Å². The van der Waals surface area contributed by atoms with Crippen LogP contribution in [0, 0.1) is 11.8 Å². The molecule has 68 heavy (non-hydrogen) atoms. The van der Waals surface area contributed by atoms with Crippen LogP contribution in [0.3, 0.4) is 0 Å². The maximum Gasteiger partial charge on any atom is 0.315 e. The summed E-state index contributed by atoms with van der Waals surface area (Å²) in [5, 5.41) is 115. The van der Waals surface area contributed by atoms with Gasteiger partial charge in [0.1, 0.15) is 12.2 Å². The quantitative estimate of drug-likeness (QED) is 0.173. The van der Waals surface area contributed by atoms with Gasteiger partial charge in [0.15, 0.2) is 12.1 Å². The van der Waals surface area contributed by atoms with E-state index < -0.39 is 147 Å². The van der Waals surface area contributed by atoms with Crippen LogP contribution in [-0.4, -0.2) is 173 Å². The predicted octanol–water partition coefficient (Wildman–Crippen LogP) is 0.699. The van der Waals surface area contributed by atoms with Crippen molar-refractivity contribution in [3.63, 3.8) is 0 Å². The molecule has 3 unspecified atom stereocenters. The average molecular weight is 966 g/mol. The summed E-state index contributed by atoms with van der Waals surface area (Å²) >= 11 is 0. The normalized spacial score (nSPS) is 43.9. The number of rotatable bonds is 4. The summed E-state index contributed by atoms with van der Waals surface area (Å²) in [4.78, 5) is 25.4. The van der Waals surface area contributed by atoms with Crippen molar-refractivity contribution in [3.05, 3.63) is 85.1 Å². The largest absolute Gasteiger partial charge is 0.462 e. The first kappa shape index (κ1) is 58.7. The van der Waals surface area contributed by atoms with Crippen molar-refractivity contribution in [1.29, 1.82) is 0 Å². The fraction of sp³-hybridized carbons (Fsp3) is 0.673. The van der Waals surface area contributed by atoms with E-state index in [0.717, 1.165) is 0 Å². The third-order valence-electron chi connectivity index (χ3n) is 12.4. The molecule has 3 heterocycles. The summed E-state index contributed by atoms with van der Waals surface area (Å²) in [7, 11) is 0. The van der Waals surface area contributed by atoms with Crippen LogP contribution < -0.4 is 16.4 Å². The lowest BCUT2D eigenvalue weighted by molar-refractivity contribution is -0.303. The van der Waals surface area contributed by atoms with Gasteiger partial charge >= 0.3 is 12.0 Å². The Morgan fingerprint density at radius 1 is 0.706 bits per heavy atom. The Morgan fingerprint density at radius 2 is 1.29 bits per heavy atom. The lowest BCUT2D eigenvalue weighted by Gasteiger charge is -2.46. The van der Waals surface area contributed by atoms with Gasteiger partial charge in [-0.1, -0.05) is 98.9 Å². The molecule has 2 bridgehead atoms. The Bertz CT molecular complexity index is 1730. The lowest BCUT2D eigenvalue weighted by Crippen LogP contribution is -2.63. The number of fused-ring (bicyclic) bond motifs is 2. The summed E-state index contributed by atoms with van der Waals surface area (Å²) in [5.74, 6) is -3.68. The molecule has 2 amide bonds. The maximum atomic E-state index is 12.8. The summed E-state index contributed by atoms with van der Waals surface area (Å²) in [6.45, 7) is 8.75. The van der Waals surface area contributed by atoms with E-state index in [1.54, 1.807) is 70.2 Å². The molecule has 0 aromatic heterocycles. The molecule has 2 fully saturated rings. The Morgan fingerprint density at radius 3 is 1.90 bits per heavy atom. The number of amides is 2. The lowest BCUT2D eigenvalue weighted by atomic mass is 9.87. The van der Waals surface area contributed by atoms with Gasteiger partial charge in [-0.25, -0.2) is 4.79 Å². The van der Waals surface area contributed by atoms with Crippen LogP contribution in [0.2, 0.25) is 0 Å². The minimum absolute atomic E-state index is 0.0898. The van der Waals surface area contributed by atoms with Gasteiger partial charge in [0.2, 0.25) is 0 Å². The van der Waals surface area contributed by atoms with E-state index >= 15 is 0 Å². The zero-order valence-corrected chi connectivity index (χ0v) is 39.8. The first-order chi connectivity index (χ1) is 32.1. The van der Waals surface area contributed by atoms with Crippen molar-refractivity contribution in [3.8, 4) is 0 Å². The Kier molecular flexibility index (Phi) is 25.5. The van der Waals surface area contributed by atoms with Crippen LogP contribution in [0.5, 0.6) is 0 Å². The number of esters is 1. The molecular weight excluding hydrogens is 887 g/mol. The molecule has 0 radical (unpaired) electrons. The molecule has 0 saturated carbocycles. The van der Waals surface area contributed by atoms with Gasteiger partial charge in [0.25, 0.3) is 0 Å². The number of aliphatic hydroxyl groups excluding tert-OH is 9. The van der Waals surface area contributed by atoms with Crippen molar-refractivity contribution >= 4 is 12.0 Å². The third-order valence-corrected chi connectivity index (χ3v) is 12.4. The van der Waals surface area contributed by atoms with E-state index in [1.807, 2.05) is 49.5 Å². The monoisotopic (exact) mass is 966 g/mol. The summed E-state index contributed by atoms with van der Waals surface area (Å²) < 4.78 is 23.6. The molecule has 0 aliphatic carbocycles. The molecule has 19 atom stereocenters. The Hall–Kier alpha value is -3.64. The maximum absolute atomic E-state index is 12.8. The molecule has 386 valence electrons. The molecule has 2 saturated heterocycles. The number of allylic oxidation sites excluding steroid dienone is 12. The van der Waals surface area contributed by atoms with Gasteiger partial charge < -0.3 is 86.4 Å². The van der Waals surface area contributed by atoms with E-state index in [0.29, 0.717) is 0 Å². The second kappa shape index (κ2) is 29.5. The first-order valence-electron chi connectivity index (χ1n) is 23.7. The highest BCUT2D eigenvalue weighted by molar-refractivity contribution is 5.74. The van der Waals surface area contributed by atoms with Crippen LogP contribution in [0.4, 0.5) is 4.79 Å². The molecule has 3 rings (SSSR count). The highest BCUT2D eigenvalue weighted by Crippen LogP contribution is 2.35. The zero-order chi connectivity index (χ0) is 50.6. The van der Waals surface area contributed by atoms with E-state index in [1.165, 1.54) is 0 Å². The Balaban J connectivity index is 1.90. The van der Waals surface area contributed by atoms with E-state index in [-0.39, 0.29) is 38.1 Å². The highest BCUT2D eigenvalue weighted by Gasteiger charge is 2.49. The van der Waals surface area contributed by atoms with Gasteiger partial charge in [0, 0.05) is 44.1 Å². The van der Waals surface area contributed by atoms with Gasteiger partial charge in [0.05, 0.1) is 85.6 Å². The number of carbonyl (C=O) groups excluding carboxylic acids is 2. The number of urea groups is 1. The zero-order valence-electron chi connectivity index (χ0n) is 39.8. The number of nitrogens with two attached hydrogens (primary N) is 1. The number of ether oxygens (including phenoxy) is 4. The van der Waals surface area contributed by atoms with Crippen LogP contribution in [0.15, 0.2) is 85.1 Å². The second-order valence-electron chi connectivity index (χ2n) is 18.2. The predicted molar refractivity (Wildman–Crippen MR) is 252 cm³/mol. The average Bonchev–Trinajstić information content (AvgIpc) is 3.26. The van der Waals surface area contributed by atoms with Crippen LogP contribution in [0.1, 0.15) is 86.0 Å². The molecule has 3 aliphatic heterocycles.